The number of nitrogens with zero attached hydrogens (tertiary/aromatic N) is 1. The number of carbonyl (C=O) groups is 2. The average molecular weight is 251 g/mol. The second kappa shape index (κ2) is 5.55. The van der Waals surface area contributed by atoms with E-state index in [2.05, 4.69) is 16.9 Å². The molecular weight excluding hydrogens is 230 g/mol. The Balaban J connectivity index is 1.75. The van der Waals surface area contributed by atoms with Gasteiger partial charge in [-0.15, -0.1) is 0 Å². The average Bonchev–Trinajstić information content (AvgIpc) is 2.99. The molecule has 0 saturated heterocycles. The van der Waals surface area contributed by atoms with Crippen LogP contribution >= 0.6 is 0 Å². The Hall–Kier alpha value is -1.32. The lowest BCUT2D eigenvalue weighted by atomic mass is 9.92. The largest absolute Gasteiger partial charge is 0.469 e. The zero-order valence-electron chi connectivity index (χ0n) is 11.1. The normalized spacial score (nSPS) is 28.4. The summed E-state index contributed by atoms with van der Waals surface area (Å²) in [6.07, 6.45) is 7.63. The van der Waals surface area contributed by atoms with Crippen LogP contribution in [-0.2, 0) is 14.3 Å². The van der Waals surface area contributed by atoms with Gasteiger partial charge >= 0.3 is 5.97 Å². The quantitative estimate of drug-likeness (QED) is 0.551. The number of allylic oxidation sites excluding steroid dienone is 2. The number of fused-ring (bicyclic) bond motifs is 2. The molecule has 0 radical (unpaired) electrons. The lowest BCUT2D eigenvalue weighted by Crippen LogP contribution is -2.35. The fourth-order valence-electron chi connectivity index (χ4n) is 3.02. The molecule has 3 atom stereocenters. The van der Waals surface area contributed by atoms with Gasteiger partial charge in [0, 0.05) is 25.9 Å². The van der Waals surface area contributed by atoms with Crippen molar-refractivity contribution in [3.05, 3.63) is 12.2 Å². The van der Waals surface area contributed by atoms with Crippen molar-refractivity contribution < 1.29 is 14.3 Å². The first-order chi connectivity index (χ1) is 8.61. The van der Waals surface area contributed by atoms with E-state index in [4.69, 9.17) is 0 Å². The summed E-state index contributed by atoms with van der Waals surface area (Å²) in [7, 11) is 3.22. The third kappa shape index (κ3) is 2.74. The molecule has 0 N–H and O–H groups in total. The fraction of sp³-hybridized carbons (Fsp3) is 0.714. The molecule has 1 saturated carbocycles. The monoisotopic (exact) mass is 251 g/mol. The molecule has 2 bridgehead atoms. The molecule has 0 spiro atoms. The molecule has 0 aromatic carbocycles. The van der Waals surface area contributed by atoms with Crippen molar-refractivity contribution in [1.29, 1.82) is 0 Å². The van der Waals surface area contributed by atoms with Gasteiger partial charge in [0.05, 0.1) is 7.11 Å². The van der Waals surface area contributed by atoms with Gasteiger partial charge in [-0.1, -0.05) is 12.2 Å². The zero-order chi connectivity index (χ0) is 13.1. The van der Waals surface area contributed by atoms with Crippen LogP contribution in [0.3, 0.4) is 0 Å². The maximum Gasteiger partial charge on any atom is 0.305 e. The van der Waals surface area contributed by atoms with E-state index in [0.717, 1.165) is 12.8 Å². The van der Waals surface area contributed by atoms with Gasteiger partial charge in [-0.2, -0.15) is 0 Å². The van der Waals surface area contributed by atoms with Gasteiger partial charge in [0.1, 0.15) is 0 Å². The first kappa shape index (κ1) is 13.1. The lowest BCUT2D eigenvalue weighted by molar-refractivity contribution is -0.141. The molecule has 0 heterocycles. The van der Waals surface area contributed by atoms with Crippen LogP contribution in [0.15, 0.2) is 12.2 Å². The Labute approximate surface area is 108 Å². The van der Waals surface area contributed by atoms with Crippen molar-refractivity contribution in [2.75, 3.05) is 20.7 Å². The van der Waals surface area contributed by atoms with E-state index >= 15 is 0 Å². The number of carbonyl (C=O) groups excluding carboxylic acids is 2. The summed E-state index contributed by atoms with van der Waals surface area (Å²) in [5, 5.41) is 0. The van der Waals surface area contributed by atoms with Crippen LogP contribution in [0, 0.1) is 17.8 Å². The smallest absolute Gasteiger partial charge is 0.305 e. The Morgan fingerprint density at radius 2 is 2.11 bits per heavy atom. The molecule has 4 nitrogen and oxygen atoms in total. The van der Waals surface area contributed by atoms with E-state index in [-0.39, 0.29) is 17.8 Å². The summed E-state index contributed by atoms with van der Waals surface area (Å²) < 4.78 is 4.58. The molecule has 2 rings (SSSR count). The summed E-state index contributed by atoms with van der Waals surface area (Å²) in [5.74, 6) is 1.26. The van der Waals surface area contributed by atoms with Crippen molar-refractivity contribution in [2.24, 2.45) is 17.8 Å². The minimum atomic E-state index is -0.210. The SMILES string of the molecule is COC(=O)CCCN(C)C(=O)C1CC2C=CC1C2. The van der Waals surface area contributed by atoms with E-state index in [1.54, 1.807) is 4.90 Å². The zero-order valence-corrected chi connectivity index (χ0v) is 11.1. The molecule has 4 heteroatoms. The summed E-state index contributed by atoms with van der Waals surface area (Å²) in [6.45, 7) is 0.630. The van der Waals surface area contributed by atoms with Crippen molar-refractivity contribution in [2.45, 2.75) is 25.7 Å². The molecule has 0 aliphatic heterocycles. The van der Waals surface area contributed by atoms with Gasteiger partial charge in [0.25, 0.3) is 0 Å². The van der Waals surface area contributed by atoms with Crippen LogP contribution in [-0.4, -0.2) is 37.5 Å². The Morgan fingerprint density at radius 3 is 2.67 bits per heavy atom. The van der Waals surface area contributed by atoms with Crippen molar-refractivity contribution >= 4 is 11.9 Å². The van der Waals surface area contributed by atoms with E-state index in [9.17, 15) is 9.59 Å². The highest BCUT2D eigenvalue weighted by atomic mass is 16.5. The van der Waals surface area contributed by atoms with E-state index in [1.807, 2.05) is 7.05 Å². The predicted molar refractivity (Wildman–Crippen MR) is 67.7 cm³/mol. The second-order valence-electron chi connectivity index (χ2n) is 5.33. The number of ether oxygens (including phenoxy) is 1. The van der Waals surface area contributed by atoms with Crippen LogP contribution in [0.25, 0.3) is 0 Å². The Kier molecular flexibility index (Phi) is 4.04. The molecule has 0 aromatic heterocycles. The lowest BCUT2D eigenvalue weighted by Gasteiger charge is -2.24. The highest BCUT2D eigenvalue weighted by molar-refractivity contribution is 5.80. The third-order valence-electron chi connectivity index (χ3n) is 4.07. The number of rotatable bonds is 5. The first-order valence-corrected chi connectivity index (χ1v) is 6.62. The van der Waals surface area contributed by atoms with E-state index in [1.165, 1.54) is 7.11 Å². The van der Waals surface area contributed by atoms with Gasteiger partial charge in [0.2, 0.25) is 5.91 Å². The van der Waals surface area contributed by atoms with Crippen LogP contribution < -0.4 is 0 Å². The van der Waals surface area contributed by atoms with Crippen LogP contribution in [0.5, 0.6) is 0 Å². The van der Waals surface area contributed by atoms with Gasteiger partial charge in [0.15, 0.2) is 0 Å². The summed E-state index contributed by atoms with van der Waals surface area (Å²) in [5.41, 5.74) is 0. The van der Waals surface area contributed by atoms with Crippen LogP contribution in [0.1, 0.15) is 25.7 Å². The number of methoxy groups -OCH3 is 1. The van der Waals surface area contributed by atoms with E-state index in [0.29, 0.717) is 31.2 Å². The molecule has 100 valence electrons. The highest BCUT2D eigenvalue weighted by Gasteiger charge is 2.40. The molecular formula is C14H21NO3. The summed E-state index contributed by atoms with van der Waals surface area (Å²) in [4.78, 5) is 25.0. The third-order valence-corrected chi connectivity index (χ3v) is 4.07. The van der Waals surface area contributed by atoms with Gasteiger partial charge in [-0.3, -0.25) is 9.59 Å². The fourth-order valence-corrected chi connectivity index (χ4v) is 3.02. The molecule has 2 aliphatic rings. The van der Waals surface area contributed by atoms with Crippen molar-refractivity contribution in [3.8, 4) is 0 Å². The molecule has 18 heavy (non-hydrogen) atoms. The molecule has 1 fully saturated rings. The first-order valence-electron chi connectivity index (χ1n) is 6.62. The van der Waals surface area contributed by atoms with Crippen LogP contribution in [0.4, 0.5) is 0 Å². The maximum atomic E-state index is 12.3. The molecule has 1 amide bonds. The molecule has 0 aromatic rings. The van der Waals surface area contributed by atoms with Gasteiger partial charge in [-0.05, 0) is 31.1 Å². The predicted octanol–water partition coefficient (Wildman–Crippen LogP) is 1.61. The summed E-state index contributed by atoms with van der Waals surface area (Å²) >= 11 is 0. The Morgan fingerprint density at radius 1 is 1.33 bits per heavy atom. The minimum absolute atomic E-state index is 0.170. The minimum Gasteiger partial charge on any atom is -0.469 e. The topological polar surface area (TPSA) is 46.6 Å². The van der Waals surface area contributed by atoms with Crippen LogP contribution in [0.2, 0.25) is 0 Å². The molecule has 2 aliphatic carbocycles. The number of esters is 1. The number of hydrogen-bond acceptors (Lipinski definition) is 3. The maximum absolute atomic E-state index is 12.3. The highest BCUT2D eigenvalue weighted by Crippen LogP contribution is 2.44. The second-order valence-corrected chi connectivity index (χ2v) is 5.33. The Bertz CT molecular complexity index is 364. The van der Waals surface area contributed by atoms with Crippen molar-refractivity contribution in [1.82, 2.24) is 4.90 Å². The number of hydrogen-bond donors (Lipinski definition) is 0. The summed E-state index contributed by atoms with van der Waals surface area (Å²) in [6, 6.07) is 0. The number of amides is 1. The molecule has 3 unspecified atom stereocenters. The standard InChI is InChI=1S/C14H21NO3/c1-15(7-3-4-13(16)18-2)14(17)12-9-10-5-6-11(12)8-10/h5-6,10-12H,3-4,7-9H2,1-2H3. The van der Waals surface area contributed by atoms with Crippen molar-refractivity contribution in [3.63, 3.8) is 0 Å². The van der Waals surface area contributed by atoms with Gasteiger partial charge in [-0.25, -0.2) is 0 Å². The van der Waals surface area contributed by atoms with Gasteiger partial charge < -0.3 is 9.64 Å². The van der Waals surface area contributed by atoms with E-state index < -0.39 is 0 Å².